The van der Waals surface area contributed by atoms with Crippen LogP contribution < -0.4 is 10.2 Å². The lowest BCUT2D eigenvalue weighted by atomic mass is 10.1. The normalized spacial score (nSPS) is 14.1. The molecule has 1 N–H and O–H groups in total. The number of carbonyl (C=O) groups excluding carboxylic acids is 1. The van der Waals surface area contributed by atoms with Gasteiger partial charge >= 0.3 is 5.51 Å². The van der Waals surface area contributed by atoms with Gasteiger partial charge in [0.15, 0.2) is 0 Å². The molecule has 0 radical (unpaired) electrons. The van der Waals surface area contributed by atoms with E-state index in [2.05, 4.69) is 10.2 Å². The summed E-state index contributed by atoms with van der Waals surface area (Å²) in [6.07, 6.45) is 0.937. The van der Waals surface area contributed by atoms with E-state index >= 15 is 0 Å². The Morgan fingerprint density at radius 3 is 2.41 bits per heavy atom. The number of halogens is 3. The van der Waals surface area contributed by atoms with Crippen LogP contribution in [0.4, 0.5) is 24.5 Å². The number of sulfone groups is 1. The van der Waals surface area contributed by atoms with Crippen LogP contribution in [0.1, 0.15) is 22.8 Å². The molecule has 0 spiro atoms. The number of nitrogens with zero attached hydrogens (tertiary/aromatic N) is 1. The predicted molar refractivity (Wildman–Crippen MR) is 95.7 cm³/mol. The molecule has 1 aliphatic rings. The van der Waals surface area contributed by atoms with Crippen molar-refractivity contribution in [2.45, 2.75) is 23.7 Å². The number of carbonyl (C=O) groups is 1. The van der Waals surface area contributed by atoms with E-state index in [9.17, 15) is 26.4 Å². The molecule has 0 atom stereocenters. The zero-order chi connectivity index (χ0) is 19.8. The quantitative estimate of drug-likeness (QED) is 0.854. The molecular formula is C18H17F3N2O3S. The van der Waals surface area contributed by atoms with E-state index in [-0.39, 0.29) is 5.56 Å². The van der Waals surface area contributed by atoms with Gasteiger partial charge in [0.25, 0.3) is 15.7 Å². The van der Waals surface area contributed by atoms with Gasteiger partial charge in [-0.25, -0.2) is 8.42 Å². The Labute approximate surface area is 154 Å². The summed E-state index contributed by atoms with van der Waals surface area (Å²) in [7, 11) is -5.43. The molecule has 2 aromatic carbocycles. The molecule has 144 valence electrons. The second kappa shape index (κ2) is 6.88. The highest BCUT2D eigenvalue weighted by molar-refractivity contribution is 7.92. The summed E-state index contributed by atoms with van der Waals surface area (Å²) >= 11 is 0. The van der Waals surface area contributed by atoms with Gasteiger partial charge in [0, 0.05) is 30.0 Å². The fraction of sp³-hybridized carbons (Fsp3) is 0.278. The molecule has 0 aliphatic carbocycles. The molecule has 27 heavy (non-hydrogen) atoms. The average Bonchev–Trinajstić information content (AvgIpc) is 3.03. The van der Waals surface area contributed by atoms with Gasteiger partial charge < -0.3 is 10.2 Å². The van der Waals surface area contributed by atoms with Gasteiger partial charge in [0.2, 0.25) is 0 Å². The van der Waals surface area contributed by atoms with Crippen molar-refractivity contribution in [2.75, 3.05) is 23.3 Å². The maximum Gasteiger partial charge on any atom is 0.501 e. The molecule has 0 saturated carbocycles. The molecule has 0 bridgehead atoms. The molecule has 2 aromatic rings. The third-order valence-electron chi connectivity index (χ3n) is 4.45. The molecule has 1 aliphatic heterocycles. The van der Waals surface area contributed by atoms with E-state index in [1.54, 1.807) is 6.07 Å². The standard InChI is InChI=1S/C18H17F3N2O3S/c1-2-23-10-9-12-3-6-14(11-16(12)23)22-17(24)13-4-7-15(8-5-13)27(25,26)18(19,20)21/h3-8,11H,2,9-10H2,1H3,(H,22,24). The van der Waals surface area contributed by atoms with E-state index in [1.165, 1.54) is 5.56 Å². The number of rotatable bonds is 4. The van der Waals surface area contributed by atoms with Gasteiger partial charge in [-0.05, 0) is 55.3 Å². The Balaban J connectivity index is 1.78. The molecule has 1 amide bonds. The molecule has 0 fully saturated rings. The van der Waals surface area contributed by atoms with E-state index in [0.29, 0.717) is 5.69 Å². The summed E-state index contributed by atoms with van der Waals surface area (Å²) < 4.78 is 60.4. The van der Waals surface area contributed by atoms with Crippen LogP contribution in [0.5, 0.6) is 0 Å². The van der Waals surface area contributed by atoms with Crippen LogP contribution in [0.25, 0.3) is 0 Å². The van der Waals surface area contributed by atoms with Gasteiger partial charge in [-0.1, -0.05) is 6.07 Å². The summed E-state index contributed by atoms with van der Waals surface area (Å²) in [4.78, 5) is 13.6. The molecule has 3 rings (SSSR count). The van der Waals surface area contributed by atoms with Crippen molar-refractivity contribution in [3.8, 4) is 0 Å². The van der Waals surface area contributed by atoms with Crippen molar-refractivity contribution < 1.29 is 26.4 Å². The first kappa shape index (κ1) is 19.2. The topological polar surface area (TPSA) is 66.5 Å². The third kappa shape index (κ3) is 3.64. The maximum atomic E-state index is 12.6. The number of anilines is 2. The van der Waals surface area contributed by atoms with Crippen LogP contribution in [0.2, 0.25) is 0 Å². The molecule has 0 aromatic heterocycles. The molecule has 0 saturated heterocycles. The zero-order valence-corrected chi connectivity index (χ0v) is 15.2. The number of hydrogen-bond acceptors (Lipinski definition) is 4. The summed E-state index contributed by atoms with van der Waals surface area (Å²) in [6, 6.07) is 9.21. The second-order valence-electron chi connectivity index (χ2n) is 6.10. The predicted octanol–water partition coefficient (Wildman–Crippen LogP) is 3.61. The van der Waals surface area contributed by atoms with Crippen molar-refractivity contribution in [1.29, 1.82) is 0 Å². The Bertz CT molecular complexity index is 970. The SMILES string of the molecule is CCN1CCc2ccc(NC(=O)c3ccc(S(=O)(=O)C(F)(F)F)cc3)cc21. The molecular weight excluding hydrogens is 381 g/mol. The van der Waals surface area contributed by atoms with E-state index < -0.39 is 26.1 Å². The first-order chi connectivity index (χ1) is 12.6. The van der Waals surface area contributed by atoms with Crippen molar-refractivity contribution in [2.24, 2.45) is 0 Å². The van der Waals surface area contributed by atoms with Crippen LogP contribution in [0.3, 0.4) is 0 Å². The number of likely N-dealkylation sites (N-methyl/N-ethyl adjacent to an activating group) is 1. The van der Waals surface area contributed by atoms with Crippen molar-refractivity contribution in [1.82, 2.24) is 0 Å². The fourth-order valence-electron chi connectivity index (χ4n) is 2.97. The first-order valence-corrected chi connectivity index (χ1v) is 9.72. The van der Waals surface area contributed by atoms with Crippen LogP contribution >= 0.6 is 0 Å². The number of alkyl halides is 3. The molecule has 5 nitrogen and oxygen atoms in total. The lowest BCUT2D eigenvalue weighted by molar-refractivity contribution is -0.0436. The third-order valence-corrected chi connectivity index (χ3v) is 5.95. The maximum absolute atomic E-state index is 12.6. The van der Waals surface area contributed by atoms with E-state index in [1.807, 2.05) is 19.1 Å². The highest BCUT2D eigenvalue weighted by Crippen LogP contribution is 2.32. The average molecular weight is 398 g/mol. The minimum Gasteiger partial charge on any atom is -0.371 e. The Morgan fingerprint density at radius 2 is 1.81 bits per heavy atom. The summed E-state index contributed by atoms with van der Waals surface area (Å²) in [5.74, 6) is -0.535. The van der Waals surface area contributed by atoms with Crippen molar-refractivity contribution in [3.05, 3.63) is 53.6 Å². The van der Waals surface area contributed by atoms with Crippen LogP contribution in [-0.2, 0) is 16.3 Å². The Hall–Kier alpha value is -2.55. The van der Waals surface area contributed by atoms with Gasteiger partial charge in [0.1, 0.15) is 0 Å². The van der Waals surface area contributed by atoms with Crippen molar-refractivity contribution in [3.63, 3.8) is 0 Å². The summed E-state index contributed by atoms with van der Waals surface area (Å²) in [5.41, 5.74) is -2.53. The van der Waals surface area contributed by atoms with E-state index in [0.717, 1.165) is 49.5 Å². The Kier molecular flexibility index (Phi) is 4.90. The molecule has 9 heteroatoms. The lowest BCUT2D eigenvalue weighted by Gasteiger charge is -2.17. The highest BCUT2D eigenvalue weighted by Gasteiger charge is 2.46. The first-order valence-electron chi connectivity index (χ1n) is 8.24. The van der Waals surface area contributed by atoms with Crippen LogP contribution in [0, 0.1) is 0 Å². The largest absolute Gasteiger partial charge is 0.501 e. The van der Waals surface area contributed by atoms with E-state index in [4.69, 9.17) is 0 Å². The van der Waals surface area contributed by atoms with Gasteiger partial charge in [-0.2, -0.15) is 13.2 Å². The second-order valence-corrected chi connectivity index (χ2v) is 8.04. The van der Waals surface area contributed by atoms with Gasteiger partial charge in [0.05, 0.1) is 4.90 Å². The summed E-state index contributed by atoms with van der Waals surface area (Å²) in [5, 5.41) is 2.68. The Morgan fingerprint density at radius 1 is 1.15 bits per heavy atom. The number of amides is 1. The van der Waals surface area contributed by atoms with Crippen molar-refractivity contribution >= 4 is 27.1 Å². The lowest BCUT2D eigenvalue weighted by Crippen LogP contribution is -2.23. The smallest absolute Gasteiger partial charge is 0.371 e. The van der Waals surface area contributed by atoms with Crippen LogP contribution in [-0.4, -0.2) is 32.9 Å². The zero-order valence-electron chi connectivity index (χ0n) is 14.4. The highest BCUT2D eigenvalue weighted by atomic mass is 32.2. The monoisotopic (exact) mass is 398 g/mol. The number of nitrogens with one attached hydrogen (secondary N) is 1. The minimum atomic E-state index is -5.43. The summed E-state index contributed by atoms with van der Waals surface area (Å²) in [6.45, 7) is 3.80. The number of benzene rings is 2. The molecule has 1 heterocycles. The van der Waals surface area contributed by atoms with Crippen LogP contribution in [0.15, 0.2) is 47.4 Å². The van der Waals surface area contributed by atoms with Gasteiger partial charge in [-0.15, -0.1) is 0 Å². The minimum absolute atomic E-state index is 0.0592. The molecule has 0 unspecified atom stereocenters. The number of fused-ring (bicyclic) bond motifs is 1. The van der Waals surface area contributed by atoms with Gasteiger partial charge in [-0.3, -0.25) is 4.79 Å². The fourth-order valence-corrected chi connectivity index (χ4v) is 3.74. The number of hydrogen-bond donors (Lipinski definition) is 1.